The summed E-state index contributed by atoms with van der Waals surface area (Å²) in [4.78, 5) is 1.46. The van der Waals surface area contributed by atoms with E-state index < -0.39 is 0 Å². The molecule has 2 rings (SSSR count). The normalized spacial score (nSPS) is 12.7. The average Bonchev–Trinajstić information content (AvgIpc) is 2.86. The minimum Gasteiger partial charge on any atom is -0.306 e. The Morgan fingerprint density at radius 2 is 1.62 bits per heavy atom. The van der Waals surface area contributed by atoms with E-state index >= 15 is 0 Å². The molecule has 0 spiro atoms. The number of hydrogen-bond donors (Lipinski definition) is 1. The SMILES string of the molecule is CCCNC(c1sccc1C)c1c(C)c(C)cc(C)c1C. The summed E-state index contributed by atoms with van der Waals surface area (Å²) in [7, 11) is 0. The van der Waals surface area contributed by atoms with Crippen LogP contribution in [-0.2, 0) is 0 Å². The molecule has 0 amide bonds. The fourth-order valence-electron chi connectivity index (χ4n) is 2.98. The maximum atomic E-state index is 3.78. The molecule has 2 aromatic rings. The molecule has 0 saturated heterocycles. The fourth-order valence-corrected chi connectivity index (χ4v) is 3.99. The van der Waals surface area contributed by atoms with Crippen molar-refractivity contribution in [3.63, 3.8) is 0 Å². The van der Waals surface area contributed by atoms with Gasteiger partial charge in [-0.05, 0) is 92.4 Å². The number of thiophene rings is 1. The van der Waals surface area contributed by atoms with Crippen molar-refractivity contribution in [2.75, 3.05) is 6.54 Å². The van der Waals surface area contributed by atoms with Gasteiger partial charge in [-0.2, -0.15) is 0 Å². The van der Waals surface area contributed by atoms with E-state index in [0.717, 1.165) is 13.0 Å². The zero-order chi connectivity index (χ0) is 15.6. The molecule has 1 unspecified atom stereocenters. The van der Waals surface area contributed by atoms with Crippen LogP contribution in [0.2, 0.25) is 0 Å². The van der Waals surface area contributed by atoms with E-state index in [1.165, 1.54) is 38.3 Å². The zero-order valence-corrected chi connectivity index (χ0v) is 14.9. The van der Waals surface area contributed by atoms with Crippen molar-refractivity contribution in [3.8, 4) is 0 Å². The number of benzene rings is 1. The lowest BCUT2D eigenvalue weighted by Crippen LogP contribution is -2.25. The van der Waals surface area contributed by atoms with Gasteiger partial charge in [0.2, 0.25) is 0 Å². The van der Waals surface area contributed by atoms with Gasteiger partial charge in [-0.1, -0.05) is 13.0 Å². The van der Waals surface area contributed by atoms with E-state index in [1.807, 2.05) is 11.3 Å². The monoisotopic (exact) mass is 301 g/mol. The lowest BCUT2D eigenvalue weighted by atomic mass is 9.88. The topological polar surface area (TPSA) is 12.0 Å². The van der Waals surface area contributed by atoms with Crippen LogP contribution < -0.4 is 5.32 Å². The van der Waals surface area contributed by atoms with Crippen LogP contribution in [0.1, 0.15) is 57.6 Å². The molecule has 0 saturated carbocycles. The number of aryl methyl sites for hydroxylation is 3. The Balaban J connectivity index is 2.59. The van der Waals surface area contributed by atoms with Crippen LogP contribution in [0.3, 0.4) is 0 Å². The molecule has 2 heteroatoms. The second-order valence-corrected chi connectivity index (χ2v) is 6.98. The Morgan fingerprint density at radius 1 is 1.00 bits per heavy atom. The smallest absolute Gasteiger partial charge is 0.0679 e. The van der Waals surface area contributed by atoms with E-state index in [4.69, 9.17) is 0 Å². The van der Waals surface area contributed by atoms with Gasteiger partial charge in [-0.3, -0.25) is 0 Å². The molecule has 1 atom stereocenters. The van der Waals surface area contributed by atoms with Crippen molar-refractivity contribution < 1.29 is 0 Å². The van der Waals surface area contributed by atoms with Gasteiger partial charge < -0.3 is 5.32 Å². The molecule has 0 fully saturated rings. The third kappa shape index (κ3) is 3.22. The van der Waals surface area contributed by atoms with E-state index in [9.17, 15) is 0 Å². The van der Waals surface area contributed by atoms with E-state index in [0.29, 0.717) is 6.04 Å². The molecule has 0 aliphatic carbocycles. The molecule has 0 aliphatic heterocycles. The van der Waals surface area contributed by atoms with Crippen molar-refractivity contribution in [1.82, 2.24) is 5.32 Å². The molecule has 0 aliphatic rings. The summed E-state index contributed by atoms with van der Waals surface area (Å²) in [5, 5.41) is 5.98. The summed E-state index contributed by atoms with van der Waals surface area (Å²) < 4.78 is 0. The predicted octanol–water partition coefficient (Wildman–Crippen LogP) is 5.38. The highest BCUT2D eigenvalue weighted by molar-refractivity contribution is 7.10. The summed E-state index contributed by atoms with van der Waals surface area (Å²) in [6, 6.07) is 4.86. The van der Waals surface area contributed by atoms with Gasteiger partial charge in [0.15, 0.2) is 0 Å². The Labute approximate surface area is 133 Å². The van der Waals surface area contributed by atoms with Crippen LogP contribution in [0.4, 0.5) is 0 Å². The van der Waals surface area contributed by atoms with E-state index in [-0.39, 0.29) is 0 Å². The van der Waals surface area contributed by atoms with Gasteiger partial charge in [-0.25, -0.2) is 0 Å². The maximum absolute atomic E-state index is 3.78. The molecule has 1 heterocycles. The number of rotatable bonds is 5. The minimum absolute atomic E-state index is 0.323. The van der Waals surface area contributed by atoms with Gasteiger partial charge in [0.25, 0.3) is 0 Å². The predicted molar refractivity (Wildman–Crippen MR) is 94.6 cm³/mol. The molecule has 0 bridgehead atoms. The Hall–Kier alpha value is -1.12. The van der Waals surface area contributed by atoms with Crippen molar-refractivity contribution >= 4 is 11.3 Å². The number of hydrogen-bond acceptors (Lipinski definition) is 2. The van der Waals surface area contributed by atoms with Crippen LogP contribution in [-0.4, -0.2) is 6.54 Å². The third-order valence-electron chi connectivity index (χ3n) is 4.48. The summed E-state index contributed by atoms with van der Waals surface area (Å²) in [5.41, 5.74) is 8.52. The first-order valence-corrected chi connectivity index (χ1v) is 8.70. The first-order chi connectivity index (χ1) is 9.97. The molecular weight excluding hydrogens is 274 g/mol. The Morgan fingerprint density at radius 3 is 2.10 bits per heavy atom. The summed E-state index contributed by atoms with van der Waals surface area (Å²) >= 11 is 1.87. The minimum atomic E-state index is 0.323. The van der Waals surface area contributed by atoms with Crippen LogP contribution in [0.5, 0.6) is 0 Å². The molecule has 1 aromatic carbocycles. The first kappa shape index (κ1) is 16.3. The Bertz CT molecular complexity index is 598. The van der Waals surface area contributed by atoms with Gasteiger partial charge in [0, 0.05) is 4.88 Å². The summed E-state index contributed by atoms with van der Waals surface area (Å²) in [5.74, 6) is 0. The lowest BCUT2D eigenvalue weighted by molar-refractivity contribution is 0.598. The van der Waals surface area contributed by atoms with Crippen LogP contribution in [0, 0.1) is 34.6 Å². The van der Waals surface area contributed by atoms with Crippen molar-refractivity contribution in [2.24, 2.45) is 0 Å². The van der Waals surface area contributed by atoms with Gasteiger partial charge in [0.05, 0.1) is 6.04 Å². The van der Waals surface area contributed by atoms with Gasteiger partial charge in [0.1, 0.15) is 0 Å². The zero-order valence-electron chi connectivity index (χ0n) is 14.1. The largest absolute Gasteiger partial charge is 0.306 e. The maximum Gasteiger partial charge on any atom is 0.0679 e. The molecular formula is C19H27NS. The molecule has 1 nitrogen and oxygen atoms in total. The van der Waals surface area contributed by atoms with Gasteiger partial charge in [-0.15, -0.1) is 11.3 Å². The second-order valence-electron chi connectivity index (χ2n) is 6.03. The van der Waals surface area contributed by atoms with Gasteiger partial charge >= 0.3 is 0 Å². The van der Waals surface area contributed by atoms with E-state index in [2.05, 4.69) is 64.4 Å². The van der Waals surface area contributed by atoms with Crippen molar-refractivity contribution in [2.45, 2.75) is 54.0 Å². The molecule has 21 heavy (non-hydrogen) atoms. The summed E-state index contributed by atoms with van der Waals surface area (Å²) in [6.07, 6.45) is 1.16. The van der Waals surface area contributed by atoms with Crippen LogP contribution in [0.15, 0.2) is 17.5 Å². The second kappa shape index (κ2) is 6.76. The molecule has 114 valence electrons. The molecule has 1 N–H and O–H groups in total. The standard InChI is InChI=1S/C19H27NS/c1-7-9-20-18(19-12(2)8-10-21-19)17-15(5)13(3)11-14(4)16(17)6/h8,10-11,18,20H,7,9H2,1-6H3. The Kier molecular flexibility index (Phi) is 5.23. The third-order valence-corrected chi connectivity index (χ3v) is 5.56. The first-order valence-electron chi connectivity index (χ1n) is 7.82. The van der Waals surface area contributed by atoms with Crippen LogP contribution >= 0.6 is 11.3 Å². The number of nitrogens with one attached hydrogen (secondary N) is 1. The highest BCUT2D eigenvalue weighted by Crippen LogP contribution is 2.35. The highest BCUT2D eigenvalue weighted by Gasteiger charge is 2.22. The van der Waals surface area contributed by atoms with Crippen molar-refractivity contribution in [3.05, 3.63) is 55.8 Å². The lowest BCUT2D eigenvalue weighted by Gasteiger charge is -2.25. The molecule has 1 aromatic heterocycles. The quantitative estimate of drug-likeness (QED) is 0.782. The summed E-state index contributed by atoms with van der Waals surface area (Å²) in [6.45, 7) is 14.5. The average molecular weight is 301 g/mol. The van der Waals surface area contributed by atoms with E-state index in [1.54, 1.807) is 0 Å². The molecule has 0 radical (unpaired) electrons. The highest BCUT2D eigenvalue weighted by atomic mass is 32.1. The fraction of sp³-hybridized carbons (Fsp3) is 0.474. The van der Waals surface area contributed by atoms with Crippen molar-refractivity contribution in [1.29, 1.82) is 0 Å². The van der Waals surface area contributed by atoms with Crippen LogP contribution in [0.25, 0.3) is 0 Å².